The molecule has 0 bridgehead atoms. The van der Waals surface area contributed by atoms with Crippen molar-refractivity contribution >= 4 is 6.09 Å². The first kappa shape index (κ1) is 15.2. The van der Waals surface area contributed by atoms with E-state index in [1.54, 1.807) is 4.90 Å². The maximum atomic E-state index is 12.2. The number of fused-ring (bicyclic) bond motifs is 3. The van der Waals surface area contributed by atoms with Gasteiger partial charge in [0.25, 0.3) is 0 Å². The van der Waals surface area contributed by atoms with E-state index in [1.807, 2.05) is 31.2 Å². The smallest absolute Gasteiger partial charge is 0.409 e. The van der Waals surface area contributed by atoms with E-state index in [-0.39, 0.29) is 24.0 Å². The number of carbonyl (C=O) groups is 1. The number of rotatable bonds is 3. The molecular formula is C20H21NO3. The number of aliphatic hydroxyl groups is 1. The first-order valence-electron chi connectivity index (χ1n) is 8.32. The minimum Gasteiger partial charge on any atom is -0.448 e. The second-order valence-electron chi connectivity index (χ2n) is 7.13. The number of carbonyl (C=O) groups excluding carboxylic acids is 1. The summed E-state index contributed by atoms with van der Waals surface area (Å²) >= 11 is 0. The maximum absolute atomic E-state index is 12.2. The number of amides is 1. The van der Waals surface area contributed by atoms with Gasteiger partial charge in [-0.15, -0.1) is 0 Å². The van der Waals surface area contributed by atoms with Crippen molar-refractivity contribution in [1.29, 1.82) is 0 Å². The van der Waals surface area contributed by atoms with Gasteiger partial charge < -0.3 is 14.7 Å². The number of hydrogen-bond acceptors (Lipinski definition) is 3. The summed E-state index contributed by atoms with van der Waals surface area (Å²) in [6.45, 7) is 3.53. The van der Waals surface area contributed by atoms with Gasteiger partial charge in [-0.25, -0.2) is 4.79 Å². The number of benzene rings is 2. The molecule has 4 heteroatoms. The van der Waals surface area contributed by atoms with Gasteiger partial charge in [0.15, 0.2) is 0 Å². The van der Waals surface area contributed by atoms with Gasteiger partial charge in [0.2, 0.25) is 0 Å². The quantitative estimate of drug-likeness (QED) is 0.943. The molecule has 4 nitrogen and oxygen atoms in total. The first-order chi connectivity index (χ1) is 11.6. The van der Waals surface area contributed by atoms with Gasteiger partial charge in [0.05, 0.1) is 6.61 Å². The van der Waals surface area contributed by atoms with Crippen LogP contribution in [0, 0.1) is 5.41 Å². The van der Waals surface area contributed by atoms with Crippen molar-refractivity contribution in [2.45, 2.75) is 12.8 Å². The van der Waals surface area contributed by atoms with E-state index in [9.17, 15) is 9.90 Å². The molecule has 0 atom stereocenters. The number of aliphatic hydroxyl groups excluding tert-OH is 1. The Labute approximate surface area is 141 Å². The number of ether oxygens (including phenoxy) is 1. The van der Waals surface area contributed by atoms with Gasteiger partial charge in [-0.05, 0) is 22.3 Å². The SMILES string of the molecule is CC1(CO)CN(C(=O)OCC2c3ccccc3-c3ccccc32)C1. The van der Waals surface area contributed by atoms with E-state index in [4.69, 9.17) is 4.74 Å². The van der Waals surface area contributed by atoms with Gasteiger partial charge in [-0.2, -0.15) is 0 Å². The van der Waals surface area contributed by atoms with Crippen LogP contribution in [0.3, 0.4) is 0 Å². The van der Waals surface area contributed by atoms with Gasteiger partial charge in [0, 0.05) is 24.4 Å². The van der Waals surface area contributed by atoms with Crippen molar-refractivity contribution in [2.24, 2.45) is 5.41 Å². The van der Waals surface area contributed by atoms with Crippen LogP contribution in [-0.4, -0.2) is 42.4 Å². The van der Waals surface area contributed by atoms with Gasteiger partial charge in [0.1, 0.15) is 6.61 Å². The summed E-state index contributed by atoms with van der Waals surface area (Å²) in [5, 5.41) is 9.29. The molecule has 24 heavy (non-hydrogen) atoms. The highest BCUT2D eigenvalue weighted by Gasteiger charge is 2.42. The van der Waals surface area contributed by atoms with E-state index < -0.39 is 0 Å². The molecule has 0 spiro atoms. The molecule has 1 fully saturated rings. The van der Waals surface area contributed by atoms with Crippen molar-refractivity contribution in [3.8, 4) is 11.1 Å². The standard InChI is InChI=1S/C20H21NO3/c1-20(13-22)11-21(12-20)19(23)24-10-18-16-8-4-2-6-14(16)15-7-3-5-9-17(15)18/h2-9,18,22H,10-13H2,1H3. The van der Waals surface area contributed by atoms with Crippen LogP contribution in [0.1, 0.15) is 24.0 Å². The Morgan fingerprint density at radius 2 is 1.67 bits per heavy atom. The number of hydrogen-bond donors (Lipinski definition) is 1. The molecule has 124 valence electrons. The van der Waals surface area contributed by atoms with Crippen LogP contribution in [0.4, 0.5) is 4.79 Å². The van der Waals surface area contributed by atoms with Crippen LogP contribution in [-0.2, 0) is 4.74 Å². The van der Waals surface area contributed by atoms with Crippen LogP contribution in [0.15, 0.2) is 48.5 Å². The average Bonchev–Trinajstić information content (AvgIpc) is 2.91. The van der Waals surface area contributed by atoms with Crippen molar-refractivity contribution < 1.29 is 14.6 Å². The molecule has 4 rings (SSSR count). The monoisotopic (exact) mass is 323 g/mol. The summed E-state index contributed by atoms with van der Waals surface area (Å²) in [4.78, 5) is 13.9. The molecule has 1 aliphatic heterocycles. The summed E-state index contributed by atoms with van der Waals surface area (Å²) in [7, 11) is 0. The first-order valence-corrected chi connectivity index (χ1v) is 8.32. The predicted molar refractivity (Wildman–Crippen MR) is 91.8 cm³/mol. The van der Waals surface area contributed by atoms with E-state index in [0.717, 1.165) is 0 Å². The molecule has 0 radical (unpaired) electrons. The Bertz CT molecular complexity index is 734. The van der Waals surface area contributed by atoms with E-state index in [0.29, 0.717) is 19.7 Å². The largest absolute Gasteiger partial charge is 0.448 e. The molecule has 2 aromatic rings. The molecule has 2 aromatic carbocycles. The highest BCUT2D eigenvalue weighted by Crippen LogP contribution is 2.44. The second-order valence-corrected chi connectivity index (χ2v) is 7.13. The summed E-state index contributed by atoms with van der Waals surface area (Å²) in [6.07, 6.45) is -0.289. The Hall–Kier alpha value is -2.33. The molecule has 0 unspecified atom stereocenters. The van der Waals surface area contributed by atoms with Crippen molar-refractivity contribution in [3.63, 3.8) is 0 Å². The van der Waals surface area contributed by atoms with Gasteiger partial charge in [-0.3, -0.25) is 0 Å². The molecule has 2 aliphatic rings. The molecule has 1 saturated heterocycles. The third-order valence-corrected chi connectivity index (χ3v) is 5.12. The summed E-state index contributed by atoms with van der Waals surface area (Å²) in [5.41, 5.74) is 4.72. The van der Waals surface area contributed by atoms with E-state index in [2.05, 4.69) is 24.3 Å². The van der Waals surface area contributed by atoms with E-state index in [1.165, 1.54) is 22.3 Å². The fraction of sp³-hybridized carbons (Fsp3) is 0.350. The predicted octanol–water partition coefficient (Wildman–Crippen LogP) is 3.25. The minimum absolute atomic E-state index is 0.0897. The number of likely N-dealkylation sites (tertiary alicyclic amines) is 1. The minimum atomic E-state index is -0.289. The van der Waals surface area contributed by atoms with Gasteiger partial charge in [-0.1, -0.05) is 55.5 Å². The lowest BCUT2D eigenvalue weighted by Gasteiger charge is -2.46. The zero-order valence-corrected chi connectivity index (χ0v) is 13.7. The summed E-state index contributed by atoms with van der Waals surface area (Å²) < 4.78 is 5.59. The normalized spacial score (nSPS) is 17.8. The lowest BCUT2D eigenvalue weighted by molar-refractivity contribution is -0.0251. The Morgan fingerprint density at radius 3 is 2.21 bits per heavy atom. The van der Waals surface area contributed by atoms with Crippen molar-refractivity contribution in [2.75, 3.05) is 26.3 Å². The topological polar surface area (TPSA) is 49.8 Å². The van der Waals surface area contributed by atoms with Crippen molar-refractivity contribution in [3.05, 3.63) is 59.7 Å². The van der Waals surface area contributed by atoms with Crippen LogP contribution >= 0.6 is 0 Å². The Morgan fingerprint density at radius 1 is 1.12 bits per heavy atom. The third-order valence-electron chi connectivity index (χ3n) is 5.12. The lowest BCUT2D eigenvalue weighted by atomic mass is 9.83. The van der Waals surface area contributed by atoms with E-state index >= 15 is 0 Å². The lowest BCUT2D eigenvalue weighted by Crippen LogP contribution is -2.58. The van der Waals surface area contributed by atoms with Crippen molar-refractivity contribution in [1.82, 2.24) is 4.90 Å². The van der Waals surface area contributed by atoms with Gasteiger partial charge >= 0.3 is 6.09 Å². The molecule has 1 N–H and O–H groups in total. The van der Waals surface area contributed by atoms with Crippen LogP contribution in [0.25, 0.3) is 11.1 Å². The van der Waals surface area contributed by atoms with Crippen LogP contribution in [0.2, 0.25) is 0 Å². The Balaban J connectivity index is 1.48. The highest BCUT2D eigenvalue weighted by molar-refractivity contribution is 5.79. The number of nitrogens with zero attached hydrogens (tertiary/aromatic N) is 1. The molecule has 1 heterocycles. The summed E-state index contributed by atoms with van der Waals surface area (Å²) in [5.74, 6) is 0.0897. The van der Waals surface area contributed by atoms with Crippen LogP contribution in [0.5, 0.6) is 0 Å². The molecular weight excluding hydrogens is 302 g/mol. The fourth-order valence-corrected chi connectivity index (χ4v) is 3.79. The summed E-state index contributed by atoms with van der Waals surface area (Å²) in [6, 6.07) is 16.6. The third kappa shape index (κ3) is 2.38. The van der Waals surface area contributed by atoms with Crippen LogP contribution < -0.4 is 0 Å². The second kappa shape index (κ2) is 5.64. The molecule has 0 aromatic heterocycles. The zero-order chi connectivity index (χ0) is 16.7. The fourth-order valence-electron chi connectivity index (χ4n) is 3.79. The maximum Gasteiger partial charge on any atom is 0.409 e. The molecule has 1 aliphatic carbocycles. The highest BCUT2D eigenvalue weighted by atomic mass is 16.6. The molecule has 0 saturated carbocycles. The zero-order valence-electron chi connectivity index (χ0n) is 13.7. The molecule has 1 amide bonds. The average molecular weight is 323 g/mol. The Kier molecular flexibility index (Phi) is 3.57.